The molecule has 7 rings (SSSR count). The SMILES string of the molecule is CN(C)c1ccc2c(-c3ccc(C(=O)NCCCC[C@@H](NC(=O)[C@H](CC(=O)O)CC(=O)C(CCCN=C(N)N)CC(=O)CCOCCOCCCC(=O)CN4CCC[C@H](OCc5cccc(S(F)(F)(F)(F)F)c5)[C@@H]4c4ccccc4)C(=O)O)cc3C(=O)[O-])c3ccc(=[N+](C)C)cc-3oc2c1. The van der Waals surface area contributed by atoms with E-state index in [1.54, 1.807) is 0 Å². The number of hydrogen-bond donors (Lipinski definition) is 6. The number of ether oxygens (including phenoxy) is 3. The van der Waals surface area contributed by atoms with Crippen molar-refractivity contribution in [3.63, 3.8) is 0 Å². The van der Waals surface area contributed by atoms with Crippen LogP contribution in [0.1, 0.15) is 121 Å². The number of halogens is 5. The highest BCUT2D eigenvalue weighted by Gasteiger charge is 2.65. The standard InChI is InChI=1S/C71H87F5N8O15S/c1-82(2)50-23-26-56-62(41-50)99-63-42-51(83(3)4)24-27-57(63)65(56)55-25-22-48(38-58(55)69(92)93)67(90)79-29-9-8-20-59(70(94)95)81-68(91)49(40-64(88)89)39-60(87)47(17-11-30-80-71(77)78)37-52(85)28-33-97-35-34-96-32-13-18-53(86)43-84-31-12-21-61(66(84)46-15-6-5-7-16-46)98-44-45-14-10-19-54(36-45)100(72,73,74,75)76/h5-7,10,14-16,19,22-27,36,38,41-42,47,49,59,61,66H,8-9,11-13,17-18,20-21,28-35,37,39-40,43-44H2,1-4H3,(H8-,77,78,79,80,81,88,89,90,91,92,93,94,95)/t47?,49-,59+,61-,66-/m0/s1. The summed E-state index contributed by atoms with van der Waals surface area (Å²) in [5, 5.41) is 39.3. The summed E-state index contributed by atoms with van der Waals surface area (Å²) < 4.78 is 93.5. The molecule has 2 amide bonds. The van der Waals surface area contributed by atoms with Crippen LogP contribution in [0.2, 0.25) is 0 Å². The van der Waals surface area contributed by atoms with Crippen LogP contribution >= 0.6 is 10.2 Å². The largest absolute Gasteiger partial charge is 0.545 e. The van der Waals surface area contributed by atoms with Crippen molar-refractivity contribution < 1.29 is 91.7 Å². The zero-order valence-electron chi connectivity index (χ0n) is 56.3. The van der Waals surface area contributed by atoms with E-state index in [1.165, 1.54) is 24.3 Å². The molecule has 0 bridgehead atoms. The number of nitrogens with one attached hydrogen (secondary N) is 2. The number of hydrogen-bond acceptors (Lipinski definition) is 16. The van der Waals surface area contributed by atoms with Crippen molar-refractivity contribution in [3.05, 3.63) is 137 Å². The summed E-state index contributed by atoms with van der Waals surface area (Å²) in [6.07, 6.45) is -0.369. The quantitative estimate of drug-likeness (QED) is 0.00523. The number of likely N-dealkylation sites (tertiary alicyclic amines) is 1. The van der Waals surface area contributed by atoms with E-state index in [4.69, 9.17) is 30.1 Å². The van der Waals surface area contributed by atoms with Gasteiger partial charge in [-0.15, -0.1) is 0 Å². The monoisotopic (exact) mass is 1420 g/mol. The smallest absolute Gasteiger partial charge is 0.326 e. The first kappa shape index (κ1) is 78.2. The number of carboxylic acids is 3. The number of amides is 2. The van der Waals surface area contributed by atoms with Crippen LogP contribution < -0.4 is 42.0 Å². The van der Waals surface area contributed by atoms with Gasteiger partial charge in [0.05, 0.1) is 69.5 Å². The summed E-state index contributed by atoms with van der Waals surface area (Å²) in [6.45, 7) is 0.646. The molecule has 2 aliphatic heterocycles. The molecule has 1 aliphatic carbocycles. The minimum Gasteiger partial charge on any atom is -0.545 e. The number of piperidine rings is 1. The second kappa shape index (κ2) is 34.8. The van der Waals surface area contributed by atoms with Crippen molar-refractivity contribution in [2.75, 3.05) is 85.7 Å². The van der Waals surface area contributed by atoms with E-state index in [1.807, 2.05) is 109 Å². The molecule has 4 aromatic rings. The van der Waals surface area contributed by atoms with E-state index in [0.717, 1.165) is 22.7 Å². The van der Waals surface area contributed by atoms with Crippen LogP contribution in [0.15, 0.2) is 123 Å². The molecule has 3 aliphatic rings. The van der Waals surface area contributed by atoms with Crippen molar-refractivity contribution in [2.24, 2.45) is 28.3 Å². The maximum Gasteiger partial charge on any atom is 0.326 e. The Morgan fingerprint density at radius 1 is 0.770 bits per heavy atom. The number of nitrogens with two attached hydrogens (primary N) is 2. The van der Waals surface area contributed by atoms with Crippen LogP contribution in [-0.4, -0.2) is 161 Å². The normalized spacial score (nSPS) is 15.7. The highest BCUT2D eigenvalue weighted by molar-refractivity contribution is 8.45. The number of ketones is 3. The first-order valence-corrected chi connectivity index (χ1v) is 34.8. The van der Waals surface area contributed by atoms with Gasteiger partial charge in [-0.05, 0) is 117 Å². The minimum atomic E-state index is -9.92. The van der Waals surface area contributed by atoms with Crippen LogP contribution in [0, 0.1) is 11.8 Å². The van der Waals surface area contributed by atoms with E-state index in [9.17, 15) is 73.1 Å². The Hall–Kier alpha value is -9.16. The molecule has 1 saturated heterocycles. The summed E-state index contributed by atoms with van der Waals surface area (Å²) in [5.74, 6) is -9.42. The number of rotatable bonds is 40. The molecule has 29 heteroatoms. The van der Waals surface area contributed by atoms with Crippen LogP contribution in [0.5, 0.6) is 0 Å². The summed E-state index contributed by atoms with van der Waals surface area (Å²) in [6, 6.07) is 25.5. The molecule has 1 fully saturated rings. The summed E-state index contributed by atoms with van der Waals surface area (Å²) in [7, 11) is -2.40. The number of carbonyl (C=O) groups is 8. The number of unbranched alkanes of at least 4 members (excludes halogenated alkanes) is 1. The van der Waals surface area contributed by atoms with Crippen molar-refractivity contribution in [1.82, 2.24) is 20.1 Å². The first-order chi connectivity index (χ1) is 47.3. The Labute approximate surface area is 575 Å². The Morgan fingerprint density at radius 3 is 2.18 bits per heavy atom. The van der Waals surface area contributed by atoms with E-state index in [-0.39, 0.29) is 144 Å². The highest BCUT2D eigenvalue weighted by atomic mass is 32.5. The van der Waals surface area contributed by atoms with Gasteiger partial charge in [0.2, 0.25) is 11.3 Å². The summed E-state index contributed by atoms with van der Waals surface area (Å²) in [4.78, 5) is 111. The van der Waals surface area contributed by atoms with Gasteiger partial charge in [0.25, 0.3) is 5.91 Å². The van der Waals surface area contributed by atoms with E-state index in [2.05, 4.69) is 15.6 Å². The lowest BCUT2D eigenvalue weighted by molar-refractivity contribution is -0.255. The molecule has 542 valence electrons. The van der Waals surface area contributed by atoms with E-state index < -0.39 is 93.5 Å². The topological polar surface area (TPSA) is 339 Å². The fourth-order valence-electron chi connectivity index (χ4n) is 12.0. The third-order valence-electron chi connectivity index (χ3n) is 17.1. The van der Waals surface area contributed by atoms with Gasteiger partial charge in [0.1, 0.15) is 53.7 Å². The number of guanidine groups is 1. The number of Topliss-reactive ketones (excluding diaryl/α,β-unsaturated/α-hetero) is 3. The van der Waals surface area contributed by atoms with Gasteiger partial charge in [-0.1, -0.05) is 68.0 Å². The molecule has 1 unspecified atom stereocenters. The van der Waals surface area contributed by atoms with E-state index in [0.29, 0.717) is 65.8 Å². The molecule has 8 N–H and O–H groups in total. The van der Waals surface area contributed by atoms with Crippen molar-refractivity contribution in [3.8, 4) is 22.5 Å². The third-order valence-corrected chi connectivity index (χ3v) is 18.3. The molecule has 23 nitrogen and oxygen atoms in total. The fraction of sp³-hybridized carbons (Fsp3) is 0.437. The van der Waals surface area contributed by atoms with Gasteiger partial charge in [-0.2, -0.15) is 0 Å². The van der Waals surface area contributed by atoms with Crippen LogP contribution in [0.25, 0.3) is 33.4 Å². The Kier molecular flexibility index (Phi) is 27.2. The van der Waals surface area contributed by atoms with Gasteiger partial charge in [-0.25, -0.2) is 9.37 Å². The van der Waals surface area contributed by atoms with Gasteiger partial charge < -0.3 is 65.7 Å². The zero-order valence-corrected chi connectivity index (χ0v) is 57.1. The number of carbonyl (C=O) groups excluding carboxylic acids is 6. The lowest BCUT2D eigenvalue weighted by Gasteiger charge is -2.41. The first-order valence-electron chi connectivity index (χ1n) is 32.8. The van der Waals surface area contributed by atoms with Crippen LogP contribution in [0.4, 0.5) is 25.1 Å². The predicted octanol–water partition coefficient (Wildman–Crippen LogP) is 8.67. The van der Waals surface area contributed by atoms with Gasteiger partial charge >= 0.3 is 22.2 Å². The molecule has 100 heavy (non-hydrogen) atoms. The van der Waals surface area contributed by atoms with E-state index >= 15 is 0 Å². The lowest BCUT2D eigenvalue weighted by atomic mass is 9.85. The number of aromatic carboxylic acids is 1. The highest BCUT2D eigenvalue weighted by Crippen LogP contribution is 3.02. The maximum absolute atomic E-state index is 13.9. The fourth-order valence-corrected chi connectivity index (χ4v) is 12.7. The molecule has 0 aromatic heterocycles. The number of nitrogens with zero attached hydrogens (tertiary/aromatic N) is 4. The molecule has 0 radical (unpaired) electrons. The Bertz CT molecular complexity index is 3980. The summed E-state index contributed by atoms with van der Waals surface area (Å²) in [5.41, 5.74) is 14.3. The second-order valence-electron chi connectivity index (χ2n) is 25.2. The average Bonchev–Trinajstić information content (AvgIpc) is 0.739. The maximum atomic E-state index is 13.9. The molecular formula is C71H87F5N8O15S. The zero-order chi connectivity index (χ0) is 73.0. The Balaban J connectivity index is 0.852. The van der Waals surface area contributed by atoms with Gasteiger partial charge in [0.15, 0.2) is 5.96 Å². The lowest BCUT2D eigenvalue weighted by Crippen LogP contribution is -2.45. The number of anilines is 1. The number of fused-ring (bicyclic) bond motifs is 2. The molecule has 4 aromatic carbocycles. The third kappa shape index (κ3) is 23.2. The van der Waals surface area contributed by atoms with Gasteiger partial charge in [-0.3, -0.25) is 38.7 Å². The van der Waals surface area contributed by atoms with Crippen LogP contribution in [0.3, 0.4) is 0 Å². The average molecular weight is 1420 g/mol. The summed E-state index contributed by atoms with van der Waals surface area (Å²) >= 11 is 0. The molecular weight excluding hydrogens is 1330 g/mol. The minimum absolute atomic E-state index is 0.00923. The van der Waals surface area contributed by atoms with Crippen LogP contribution in [-0.2, 0) is 49.6 Å². The number of aliphatic carboxylic acids is 2. The number of benzene rings is 5. The molecule has 0 saturated carbocycles. The Morgan fingerprint density at radius 2 is 1.50 bits per heavy atom. The van der Waals surface area contributed by atoms with Crippen molar-refractivity contribution >= 4 is 79.9 Å². The van der Waals surface area contributed by atoms with Crippen molar-refractivity contribution in [2.45, 2.75) is 113 Å². The second-order valence-corrected chi connectivity index (χ2v) is 27.6. The number of aliphatic imine (C=N–C) groups is 1. The van der Waals surface area contributed by atoms with Crippen molar-refractivity contribution in [1.29, 1.82) is 0 Å². The molecule has 0 spiro atoms. The molecule has 5 atom stereocenters. The number of carboxylic acid groups (broad SMARTS) is 3. The predicted molar refractivity (Wildman–Crippen MR) is 365 cm³/mol. The molecule has 2 heterocycles. The van der Waals surface area contributed by atoms with Gasteiger partial charge in [0, 0.05) is 111 Å².